The zero-order valence-electron chi connectivity index (χ0n) is 12.3. The van der Waals surface area contributed by atoms with Crippen LogP contribution in [-0.4, -0.2) is 31.6 Å². The van der Waals surface area contributed by atoms with E-state index >= 15 is 0 Å². The van der Waals surface area contributed by atoms with Crippen molar-refractivity contribution in [1.29, 1.82) is 0 Å². The lowest BCUT2D eigenvalue weighted by Gasteiger charge is -2.07. The highest BCUT2D eigenvalue weighted by molar-refractivity contribution is 5.94. The van der Waals surface area contributed by atoms with Crippen molar-refractivity contribution in [3.63, 3.8) is 0 Å². The second kappa shape index (κ2) is 7.67. The van der Waals surface area contributed by atoms with Crippen LogP contribution >= 0.6 is 0 Å². The summed E-state index contributed by atoms with van der Waals surface area (Å²) in [6, 6.07) is 7.04. The summed E-state index contributed by atoms with van der Waals surface area (Å²) in [4.78, 5) is 23.0. The highest BCUT2D eigenvalue weighted by Crippen LogP contribution is 2.29. The van der Waals surface area contributed by atoms with Crippen LogP contribution in [0.25, 0.3) is 0 Å². The topological polar surface area (TPSA) is 64.6 Å². The van der Waals surface area contributed by atoms with E-state index in [4.69, 9.17) is 9.47 Å². The van der Waals surface area contributed by atoms with Crippen molar-refractivity contribution in [3.8, 4) is 5.75 Å². The second-order valence-electron chi connectivity index (χ2n) is 5.09. The Labute approximate surface area is 124 Å². The molecule has 1 aliphatic rings. The van der Waals surface area contributed by atoms with Gasteiger partial charge in [0.15, 0.2) is 0 Å². The molecule has 1 amide bonds. The van der Waals surface area contributed by atoms with E-state index in [2.05, 4.69) is 5.32 Å². The lowest BCUT2D eigenvalue weighted by Crippen LogP contribution is -2.26. The zero-order chi connectivity index (χ0) is 15.1. The minimum atomic E-state index is -0.304. The summed E-state index contributed by atoms with van der Waals surface area (Å²) in [6.07, 6.45) is 2.68. The molecule has 0 aromatic heterocycles. The lowest BCUT2D eigenvalue weighted by molar-refractivity contribution is -0.142. The molecule has 1 N–H and O–H groups in total. The molecule has 114 valence electrons. The lowest BCUT2D eigenvalue weighted by atomic mass is 10.2. The number of carbonyl (C=O) groups excluding carboxylic acids is 2. The third kappa shape index (κ3) is 5.45. The monoisotopic (exact) mass is 291 g/mol. The van der Waals surface area contributed by atoms with E-state index in [1.54, 1.807) is 31.2 Å². The fraction of sp³-hybridized carbons (Fsp3) is 0.500. The first kappa shape index (κ1) is 15.4. The molecule has 1 aromatic carbocycles. The molecular weight excluding hydrogens is 270 g/mol. The molecule has 0 spiro atoms. The van der Waals surface area contributed by atoms with Gasteiger partial charge in [0, 0.05) is 12.1 Å². The zero-order valence-corrected chi connectivity index (χ0v) is 12.3. The summed E-state index contributed by atoms with van der Waals surface area (Å²) in [6.45, 7) is 3.14. The largest absolute Gasteiger partial charge is 0.493 e. The first-order valence-electron chi connectivity index (χ1n) is 7.35. The average molecular weight is 291 g/mol. The first-order valence-corrected chi connectivity index (χ1v) is 7.35. The maximum atomic E-state index is 11.9. The van der Waals surface area contributed by atoms with Crippen molar-refractivity contribution in [2.45, 2.75) is 26.2 Å². The SMILES string of the molecule is CCOC(=O)CCNC(=O)c1ccc(OCC2CC2)cc1. The number of amides is 1. The standard InChI is InChI=1S/C16H21NO4/c1-2-20-15(18)9-10-17-16(19)13-5-7-14(8-6-13)21-11-12-3-4-12/h5-8,12H,2-4,9-11H2,1H3,(H,17,19). The Balaban J connectivity index is 1.72. The van der Waals surface area contributed by atoms with E-state index in [1.807, 2.05) is 0 Å². The van der Waals surface area contributed by atoms with Gasteiger partial charge in [0.2, 0.25) is 0 Å². The number of rotatable bonds is 8. The third-order valence-corrected chi connectivity index (χ3v) is 3.22. The fourth-order valence-corrected chi connectivity index (χ4v) is 1.81. The van der Waals surface area contributed by atoms with Crippen LogP contribution in [0.1, 0.15) is 36.5 Å². The van der Waals surface area contributed by atoms with Crippen molar-refractivity contribution >= 4 is 11.9 Å². The highest BCUT2D eigenvalue weighted by atomic mass is 16.5. The van der Waals surface area contributed by atoms with Crippen molar-refractivity contribution in [1.82, 2.24) is 5.32 Å². The summed E-state index contributed by atoms with van der Waals surface area (Å²) in [5, 5.41) is 2.69. The number of benzene rings is 1. The van der Waals surface area contributed by atoms with Gasteiger partial charge in [0.1, 0.15) is 5.75 Å². The van der Waals surface area contributed by atoms with Crippen LogP contribution in [0.5, 0.6) is 5.75 Å². The van der Waals surface area contributed by atoms with Crippen LogP contribution in [0.15, 0.2) is 24.3 Å². The summed E-state index contributed by atoms with van der Waals surface area (Å²) < 4.78 is 10.4. The van der Waals surface area contributed by atoms with E-state index in [1.165, 1.54) is 12.8 Å². The molecule has 1 fully saturated rings. The van der Waals surface area contributed by atoms with Gasteiger partial charge < -0.3 is 14.8 Å². The van der Waals surface area contributed by atoms with Gasteiger partial charge in [-0.2, -0.15) is 0 Å². The number of ether oxygens (including phenoxy) is 2. The molecule has 5 heteroatoms. The minimum Gasteiger partial charge on any atom is -0.493 e. The summed E-state index contributed by atoms with van der Waals surface area (Å²) in [5.41, 5.74) is 0.553. The molecule has 0 unspecified atom stereocenters. The molecule has 0 aliphatic heterocycles. The van der Waals surface area contributed by atoms with E-state index < -0.39 is 0 Å². The van der Waals surface area contributed by atoms with Crippen LogP contribution < -0.4 is 10.1 Å². The van der Waals surface area contributed by atoms with Crippen molar-refractivity contribution in [2.75, 3.05) is 19.8 Å². The van der Waals surface area contributed by atoms with Crippen LogP contribution in [0.2, 0.25) is 0 Å². The Hall–Kier alpha value is -2.04. The first-order chi connectivity index (χ1) is 10.2. The number of nitrogens with one attached hydrogen (secondary N) is 1. The quantitative estimate of drug-likeness (QED) is 0.745. The van der Waals surface area contributed by atoms with Gasteiger partial charge in [-0.15, -0.1) is 0 Å². The Bertz CT molecular complexity index is 480. The summed E-state index contributed by atoms with van der Waals surface area (Å²) in [7, 11) is 0. The number of hydrogen-bond donors (Lipinski definition) is 1. The predicted octanol–water partition coefficient (Wildman–Crippen LogP) is 2.16. The second-order valence-corrected chi connectivity index (χ2v) is 5.09. The molecule has 1 saturated carbocycles. The molecule has 1 aromatic rings. The molecule has 0 saturated heterocycles. The Morgan fingerprint density at radius 1 is 1.24 bits per heavy atom. The van der Waals surface area contributed by atoms with Gasteiger partial charge in [-0.1, -0.05) is 0 Å². The molecule has 2 rings (SSSR count). The normalized spacial score (nSPS) is 13.6. The van der Waals surface area contributed by atoms with Gasteiger partial charge in [0.25, 0.3) is 5.91 Å². The van der Waals surface area contributed by atoms with E-state index in [-0.39, 0.29) is 24.8 Å². The van der Waals surface area contributed by atoms with Crippen molar-refractivity contribution < 1.29 is 19.1 Å². The van der Waals surface area contributed by atoms with Crippen LogP contribution in [0, 0.1) is 5.92 Å². The molecule has 0 radical (unpaired) electrons. The fourth-order valence-electron chi connectivity index (χ4n) is 1.81. The Morgan fingerprint density at radius 2 is 1.95 bits per heavy atom. The molecule has 0 heterocycles. The molecular formula is C16H21NO4. The molecule has 21 heavy (non-hydrogen) atoms. The third-order valence-electron chi connectivity index (χ3n) is 3.22. The molecule has 1 aliphatic carbocycles. The van der Waals surface area contributed by atoms with Crippen molar-refractivity contribution in [3.05, 3.63) is 29.8 Å². The number of carbonyl (C=O) groups is 2. The average Bonchev–Trinajstić information content (AvgIpc) is 3.30. The van der Waals surface area contributed by atoms with Crippen LogP contribution in [0.3, 0.4) is 0 Å². The van der Waals surface area contributed by atoms with E-state index in [0.29, 0.717) is 18.1 Å². The molecule has 0 bridgehead atoms. The summed E-state index contributed by atoms with van der Waals surface area (Å²) in [5.74, 6) is 0.982. The number of esters is 1. The van der Waals surface area contributed by atoms with Gasteiger partial charge in [-0.05, 0) is 49.9 Å². The Morgan fingerprint density at radius 3 is 2.57 bits per heavy atom. The molecule has 0 atom stereocenters. The van der Waals surface area contributed by atoms with Gasteiger partial charge in [-0.25, -0.2) is 0 Å². The minimum absolute atomic E-state index is 0.183. The van der Waals surface area contributed by atoms with Crippen LogP contribution in [0.4, 0.5) is 0 Å². The van der Waals surface area contributed by atoms with E-state index in [9.17, 15) is 9.59 Å². The van der Waals surface area contributed by atoms with Gasteiger partial charge in [0.05, 0.1) is 19.6 Å². The summed E-state index contributed by atoms with van der Waals surface area (Å²) >= 11 is 0. The van der Waals surface area contributed by atoms with Gasteiger partial charge in [-0.3, -0.25) is 9.59 Å². The van der Waals surface area contributed by atoms with Crippen molar-refractivity contribution in [2.24, 2.45) is 5.92 Å². The highest BCUT2D eigenvalue weighted by Gasteiger charge is 2.21. The van der Waals surface area contributed by atoms with Crippen LogP contribution in [-0.2, 0) is 9.53 Å². The predicted molar refractivity (Wildman–Crippen MR) is 78.2 cm³/mol. The smallest absolute Gasteiger partial charge is 0.307 e. The number of hydrogen-bond acceptors (Lipinski definition) is 4. The molecule has 5 nitrogen and oxygen atoms in total. The van der Waals surface area contributed by atoms with Gasteiger partial charge >= 0.3 is 5.97 Å². The maximum Gasteiger partial charge on any atom is 0.307 e. The Kier molecular flexibility index (Phi) is 5.60. The van der Waals surface area contributed by atoms with E-state index in [0.717, 1.165) is 12.4 Å². The maximum absolute atomic E-state index is 11.9.